The van der Waals surface area contributed by atoms with Crippen molar-refractivity contribution in [2.24, 2.45) is 0 Å². The van der Waals surface area contributed by atoms with Crippen molar-refractivity contribution < 1.29 is 9.53 Å². The Morgan fingerprint density at radius 2 is 1.74 bits per heavy atom. The number of carbonyl (C=O) groups excluding carboxylic acids is 1. The van der Waals surface area contributed by atoms with Crippen molar-refractivity contribution in [1.29, 1.82) is 0 Å². The third-order valence-corrected chi connectivity index (χ3v) is 6.83. The van der Waals surface area contributed by atoms with E-state index in [1.54, 1.807) is 7.11 Å². The van der Waals surface area contributed by atoms with Gasteiger partial charge in [-0.05, 0) is 53.9 Å². The van der Waals surface area contributed by atoms with Crippen molar-refractivity contribution in [3.05, 3.63) is 78.5 Å². The molecule has 0 saturated carbocycles. The normalized spacial score (nSPS) is 16.4. The van der Waals surface area contributed by atoms with Crippen LogP contribution < -0.4 is 19.9 Å². The molecule has 6 nitrogen and oxygen atoms in total. The SMILES string of the molecule is COc1ccc(N2C=CC(c3ccc(NC(C)=O)c4ccccc34)=CC2)cc1N1CCN(C)CC1. The summed E-state index contributed by atoms with van der Waals surface area (Å²) in [6.45, 7) is 6.42. The van der Waals surface area contributed by atoms with Crippen molar-refractivity contribution >= 4 is 39.3 Å². The number of rotatable bonds is 5. The van der Waals surface area contributed by atoms with E-state index in [0.29, 0.717) is 0 Å². The van der Waals surface area contributed by atoms with Crippen LogP contribution >= 0.6 is 0 Å². The first-order chi connectivity index (χ1) is 17.0. The molecule has 3 aromatic carbocycles. The van der Waals surface area contributed by atoms with E-state index in [-0.39, 0.29) is 5.91 Å². The molecule has 0 unspecified atom stereocenters. The Labute approximate surface area is 207 Å². The number of nitrogens with zero attached hydrogens (tertiary/aromatic N) is 3. The van der Waals surface area contributed by atoms with E-state index < -0.39 is 0 Å². The van der Waals surface area contributed by atoms with Crippen LogP contribution in [0.25, 0.3) is 16.3 Å². The Bertz CT molecular complexity index is 1310. The molecule has 0 atom stereocenters. The summed E-state index contributed by atoms with van der Waals surface area (Å²) in [5.41, 5.74) is 5.49. The van der Waals surface area contributed by atoms with Crippen LogP contribution in [0.1, 0.15) is 12.5 Å². The molecule has 0 aromatic heterocycles. The van der Waals surface area contributed by atoms with Gasteiger partial charge in [0.1, 0.15) is 5.75 Å². The lowest BCUT2D eigenvalue weighted by atomic mass is 9.95. The van der Waals surface area contributed by atoms with Gasteiger partial charge in [0.25, 0.3) is 0 Å². The van der Waals surface area contributed by atoms with Gasteiger partial charge in [-0.2, -0.15) is 0 Å². The maximum Gasteiger partial charge on any atom is 0.221 e. The van der Waals surface area contributed by atoms with Gasteiger partial charge >= 0.3 is 0 Å². The summed E-state index contributed by atoms with van der Waals surface area (Å²) in [6.07, 6.45) is 6.59. The molecule has 1 fully saturated rings. The van der Waals surface area contributed by atoms with Crippen LogP contribution in [0.3, 0.4) is 0 Å². The van der Waals surface area contributed by atoms with Crippen LogP contribution in [-0.4, -0.2) is 57.7 Å². The molecule has 35 heavy (non-hydrogen) atoms. The Hall–Kier alpha value is -3.77. The molecule has 1 amide bonds. The lowest BCUT2D eigenvalue weighted by Gasteiger charge is -2.35. The molecule has 1 N–H and O–H groups in total. The number of fused-ring (bicyclic) bond motifs is 1. The minimum Gasteiger partial charge on any atom is -0.495 e. The standard InChI is InChI=1S/C29H32N4O2/c1-21(34)30-27-10-9-24(25-6-4-5-7-26(25)27)22-12-14-32(15-13-22)23-8-11-29(35-3)28(20-23)33-18-16-31(2)17-19-33/h4-14,20H,15-19H2,1-3H3,(H,30,34). The molecule has 2 aliphatic rings. The van der Waals surface area contributed by atoms with Crippen LogP contribution in [-0.2, 0) is 4.79 Å². The second kappa shape index (κ2) is 9.84. The summed E-state index contributed by atoms with van der Waals surface area (Å²) in [5, 5.41) is 5.12. The van der Waals surface area contributed by atoms with Crippen LogP contribution in [0.4, 0.5) is 17.1 Å². The molecule has 2 aliphatic heterocycles. The topological polar surface area (TPSA) is 48.1 Å². The number of allylic oxidation sites excluding steroid dienone is 2. The van der Waals surface area contributed by atoms with E-state index in [9.17, 15) is 4.79 Å². The molecule has 0 aliphatic carbocycles. The highest BCUT2D eigenvalue weighted by Crippen LogP contribution is 2.36. The molecular formula is C29H32N4O2. The smallest absolute Gasteiger partial charge is 0.221 e. The lowest BCUT2D eigenvalue weighted by molar-refractivity contribution is -0.114. The van der Waals surface area contributed by atoms with E-state index in [4.69, 9.17) is 4.74 Å². The number of piperazine rings is 1. The predicted octanol–water partition coefficient (Wildman–Crippen LogP) is 4.98. The number of likely N-dealkylation sites (N-methyl/N-ethyl adjacent to an activating group) is 1. The zero-order chi connectivity index (χ0) is 24.4. The highest BCUT2D eigenvalue weighted by Gasteiger charge is 2.20. The molecule has 180 valence electrons. The predicted molar refractivity (Wildman–Crippen MR) is 145 cm³/mol. The van der Waals surface area contributed by atoms with Gasteiger partial charge < -0.3 is 24.8 Å². The van der Waals surface area contributed by atoms with Crippen molar-refractivity contribution in [3.8, 4) is 5.75 Å². The second-order valence-electron chi connectivity index (χ2n) is 9.16. The summed E-state index contributed by atoms with van der Waals surface area (Å²) in [6, 6.07) is 18.7. The summed E-state index contributed by atoms with van der Waals surface area (Å²) >= 11 is 0. The highest BCUT2D eigenvalue weighted by atomic mass is 16.5. The van der Waals surface area contributed by atoms with Crippen molar-refractivity contribution in [2.45, 2.75) is 6.92 Å². The van der Waals surface area contributed by atoms with Gasteiger partial charge in [0.2, 0.25) is 5.91 Å². The van der Waals surface area contributed by atoms with Gasteiger partial charge in [0.05, 0.1) is 12.8 Å². The number of nitrogens with one attached hydrogen (secondary N) is 1. The van der Waals surface area contributed by atoms with Crippen LogP contribution in [0.5, 0.6) is 5.75 Å². The molecule has 1 saturated heterocycles. The maximum atomic E-state index is 11.6. The zero-order valence-electron chi connectivity index (χ0n) is 20.6. The third kappa shape index (κ3) is 4.75. The van der Waals surface area contributed by atoms with Crippen LogP contribution in [0.15, 0.2) is 72.9 Å². The summed E-state index contributed by atoms with van der Waals surface area (Å²) < 4.78 is 5.69. The first-order valence-corrected chi connectivity index (χ1v) is 12.1. The average molecular weight is 469 g/mol. The van der Waals surface area contributed by atoms with E-state index in [2.05, 4.69) is 81.8 Å². The zero-order valence-corrected chi connectivity index (χ0v) is 20.6. The molecular weight excluding hydrogens is 436 g/mol. The van der Waals surface area contributed by atoms with Gasteiger partial charge in [-0.25, -0.2) is 0 Å². The first-order valence-electron chi connectivity index (χ1n) is 12.1. The summed E-state index contributed by atoms with van der Waals surface area (Å²) in [7, 11) is 3.91. The fourth-order valence-electron chi connectivity index (χ4n) is 4.89. The van der Waals surface area contributed by atoms with Gasteiger partial charge in [0, 0.05) is 62.6 Å². The first kappa shape index (κ1) is 23.0. The summed E-state index contributed by atoms with van der Waals surface area (Å²) in [5.74, 6) is 0.854. The highest BCUT2D eigenvalue weighted by molar-refractivity contribution is 6.06. The number of carbonyl (C=O) groups is 1. The fraction of sp³-hybridized carbons (Fsp3) is 0.276. The Kier molecular flexibility index (Phi) is 6.47. The maximum absolute atomic E-state index is 11.6. The quantitative estimate of drug-likeness (QED) is 0.573. The number of amides is 1. The molecule has 0 radical (unpaired) electrons. The molecule has 2 heterocycles. The molecule has 5 rings (SSSR count). The number of methoxy groups -OCH3 is 1. The number of hydrogen-bond acceptors (Lipinski definition) is 5. The number of ether oxygens (including phenoxy) is 1. The van der Waals surface area contributed by atoms with Crippen LogP contribution in [0.2, 0.25) is 0 Å². The minimum atomic E-state index is -0.0641. The molecule has 6 heteroatoms. The van der Waals surface area contributed by atoms with Crippen LogP contribution in [0, 0.1) is 0 Å². The Morgan fingerprint density at radius 3 is 2.43 bits per heavy atom. The Balaban J connectivity index is 1.40. The van der Waals surface area contributed by atoms with Crippen molar-refractivity contribution in [2.75, 3.05) is 62.0 Å². The molecule has 3 aromatic rings. The number of benzene rings is 3. The molecule has 0 spiro atoms. The van der Waals surface area contributed by atoms with Gasteiger partial charge in [-0.3, -0.25) is 4.79 Å². The minimum absolute atomic E-state index is 0.0641. The van der Waals surface area contributed by atoms with Crippen molar-refractivity contribution in [3.63, 3.8) is 0 Å². The monoisotopic (exact) mass is 468 g/mol. The largest absolute Gasteiger partial charge is 0.495 e. The van der Waals surface area contributed by atoms with E-state index in [1.807, 2.05) is 18.2 Å². The van der Waals surface area contributed by atoms with Gasteiger partial charge in [-0.15, -0.1) is 0 Å². The van der Waals surface area contributed by atoms with E-state index in [1.165, 1.54) is 18.1 Å². The number of hydrogen-bond donors (Lipinski definition) is 1. The molecule has 0 bridgehead atoms. The average Bonchev–Trinajstić information content (AvgIpc) is 2.89. The summed E-state index contributed by atoms with van der Waals surface area (Å²) in [4.78, 5) is 18.7. The van der Waals surface area contributed by atoms with E-state index >= 15 is 0 Å². The van der Waals surface area contributed by atoms with Crippen molar-refractivity contribution in [1.82, 2.24) is 4.90 Å². The number of anilines is 3. The lowest BCUT2D eigenvalue weighted by Crippen LogP contribution is -2.44. The third-order valence-electron chi connectivity index (χ3n) is 6.83. The fourth-order valence-corrected chi connectivity index (χ4v) is 4.89. The van der Waals surface area contributed by atoms with Gasteiger partial charge in [0.15, 0.2) is 0 Å². The van der Waals surface area contributed by atoms with Gasteiger partial charge in [-0.1, -0.05) is 36.4 Å². The van der Waals surface area contributed by atoms with E-state index in [0.717, 1.165) is 66.3 Å². The second-order valence-corrected chi connectivity index (χ2v) is 9.16. The Morgan fingerprint density at radius 1 is 0.971 bits per heavy atom.